The molecule has 0 saturated carbocycles. The van der Waals surface area contributed by atoms with E-state index in [4.69, 9.17) is 10.1 Å². The Morgan fingerprint density at radius 3 is 2.72 bits per heavy atom. The SMILES string of the molecule is Cc1cccc(-n2nc(Cc3cccs3)nc2Cn2ccnc2C)n1. The molecule has 0 amide bonds. The van der Waals surface area contributed by atoms with Crippen LogP contribution in [0.1, 0.15) is 28.0 Å². The molecule has 0 unspecified atom stereocenters. The largest absolute Gasteiger partial charge is 0.328 e. The van der Waals surface area contributed by atoms with E-state index in [1.807, 2.05) is 42.9 Å². The van der Waals surface area contributed by atoms with Crippen molar-refractivity contribution >= 4 is 11.3 Å². The molecule has 0 aliphatic rings. The van der Waals surface area contributed by atoms with Crippen LogP contribution < -0.4 is 0 Å². The number of rotatable bonds is 5. The van der Waals surface area contributed by atoms with Gasteiger partial charge in [-0.1, -0.05) is 12.1 Å². The molecule has 4 aromatic rings. The highest BCUT2D eigenvalue weighted by Crippen LogP contribution is 2.16. The summed E-state index contributed by atoms with van der Waals surface area (Å²) in [5.74, 6) is 3.40. The number of thiophene rings is 1. The number of aryl methyl sites for hydroxylation is 2. The summed E-state index contributed by atoms with van der Waals surface area (Å²) in [6.45, 7) is 4.57. The molecule has 0 atom stereocenters. The van der Waals surface area contributed by atoms with Gasteiger partial charge in [-0.2, -0.15) is 4.68 Å². The minimum Gasteiger partial charge on any atom is -0.328 e. The standard InChI is InChI=1S/C18H18N6S/c1-13-5-3-7-17(20-13)24-18(12-23-9-8-19-14(23)2)21-16(22-24)11-15-6-4-10-25-15/h3-10H,11-12H2,1-2H3. The van der Waals surface area contributed by atoms with Gasteiger partial charge >= 0.3 is 0 Å². The molecule has 0 fully saturated rings. The summed E-state index contributed by atoms with van der Waals surface area (Å²) in [6.07, 6.45) is 4.48. The minimum atomic E-state index is 0.610. The summed E-state index contributed by atoms with van der Waals surface area (Å²) in [5, 5.41) is 6.80. The molecule has 0 bridgehead atoms. The first-order chi connectivity index (χ1) is 12.2. The van der Waals surface area contributed by atoms with Gasteiger partial charge in [0.25, 0.3) is 0 Å². The first kappa shape index (κ1) is 15.7. The van der Waals surface area contributed by atoms with Crippen LogP contribution in [-0.4, -0.2) is 29.3 Å². The van der Waals surface area contributed by atoms with Crippen LogP contribution in [0.15, 0.2) is 48.1 Å². The molecule has 0 spiro atoms. The Morgan fingerprint density at radius 2 is 2.00 bits per heavy atom. The average Bonchev–Trinajstić information content (AvgIpc) is 3.32. The van der Waals surface area contributed by atoms with Gasteiger partial charge in [0.2, 0.25) is 0 Å². The summed E-state index contributed by atoms with van der Waals surface area (Å²) < 4.78 is 3.90. The van der Waals surface area contributed by atoms with Crippen molar-refractivity contribution in [3.8, 4) is 5.82 Å². The van der Waals surface area contributed by atoms with E-state index in [0.717, 1.165) is 35.4 Å². The van der Waals surface area contributed by atoms with Crippen molar-refractivity contribution in [2.45, 2.75) is 26.8 Å². The van der Waals surface area contributed by atoms with Crippen LogP contribution in [0.4, 0.5) is 0 Å². The maximum atomic E-state index is 4.78. The fraction of sp³-hybridized carbons (Fsp3) is 0.222. The minimum absolute atomic E-state index is 0.610. The van der Waals surface area contributed by atoms with Crippen molar-refractivity contribution in [1.82, 2.24) is 29.3 Å². The van der Waals surface area contributed by atoms with E-state index in [9.17, 15) is 0 Å². The van der Waals surface area contributed by atoms with Crippen LogP contribution >= 0.6 is 11.3 Å². The third-order valence-electron chi connectivity index (χ3n) is 3.96. The van der Waals surface area contributed by atoms with Crippen LogP contribution in [0.2, 0.25) is 0 Å². The maximum absolute atomic E-state index is 4.78. The van der Waals surface area contributed by atoms with E-state index in [0.29, 0.717) is 6.54 Å². The lowest BCUT2D eigenvalue weighted by Crippen LogP contribution is -2.10. The van der Waals surface area contributed by atoms with Gasteiger partial charge in [0.05, 0.1) is 6.54 Å². The van der Waals surface area contributed by atoms with Crippen molar-refractivity contribution in [1.29, 1.82) is 0 Å². The monoisotopic (exact) mass is 350 g/mol. The third-order valence-corrected chi connectivity index (χ3v) is 4.83. The molecule has 4 heterocycles. The van der Waals surface area contributed by atoms with E-state index in [-0.39, 0.29) is 0 Å². The second kappa shape index (κ2) is 6.60. The number of aromatic nitrogens is 6. The van der Waals surface area contributed by atoms with E-state index >= 15 is 0 Å². The molecule has 25 heavy (non-hydrogen) atoms. The van der Waals surface area contributed by atoms with Gasteiger partial charge in [0.15, 0.2) is 17.5 Å². The number of hydrogen-bond donors (Lipinski definition) is 0. The second-order valence-corrected chi connectivity index (χ2v) is 6.88. The summed E-state index contributed by atoms with van der Waals surface area (Å²) in [4.78, 5) is 14.9. The molecular weight excluding hydrogens is 332 g/mol. The summed E-state index contributed by atoms with van der Waals surface area (Å²) in [7, 11) is 0. The lowest BCUT2D eigenvalue weighted by Gasteiger charge is -2.07. The van der Waals surface area contributed by atoms with Crippen molar-refractivity contribution in [3.63, 3.8) is 0 Å². The number of hydrogen-bond acceptors (Lipinski definition) is 5. The lowest BCUT2D eigenvalue weighted by molar-refractivity contribution is 0.676. The Balaban J connectivity index is 1.74. The van der Waals surface area contributed by atoms with Gasteiger partial charge in [-0.05, 0) is 37.4 Å². The van der Waals surface area contributed by atoms with Crippen molar-refractivity contribution in [2.75, 3.05) is 0 Å². The first-order valence-corrected chi connectivity index (χ1v) is 8.96. The Labute approximate surface area is 149 Å². The first-order valence-electron chi connectivity index (χ1n) is 8.08. The zero-order valence-electron chi connectivity index (χ0n) is 14.1. The summed E-state index contributed by atoms with van der Waals surface area (Å²) in [6, 6.07) is 10.1. The van der Waals surface area contributed by atoms with E-state index in [1.54, 1.807) is 17.5 Å². The molecule has 0 aliphatic carbocycles. The van der Waals surface area contributed by atoms with Crippen molar-refractivity contribution in [3.05, 3.63) is 76.1 Å². The van der Waals surface area contributed by atoms with E-state index in [2.05, 4.69) is 32.0 Å². The molecule has 0 saturated heterocycles. The molecule has 4 rings (SSSR count). The normalized spacial score (nSPS) is 11.1. The van der Waals surface area contributed by atoms with Crippen LogP contribution in [0.3, 0.4) is 0 Å². The lowest BCUT2D eigenvalue weighted by atomic mass is 10.3. The molecule has 0 radical (unpaired) electrons. The average molecular weight is 350 g/mol. The van der Waals surface area contributed by atoms with E-state index < -0.39 is 0 Å². The molecule has 6 nitrogen and oxygen atoms in total. The van der Waals surface area contributed by atoms with Gasteiger partial charge in [-0.3, -0.25) is 0 Å². The third kappa shape index (κ3) is 3.36. The topological polar surface area (TPSA) is 61.4 Å². The molecule has 0 N–H and O–H groups in total. The van der Waals surface area contributed by atoms with Gasteiger partial charge in [0.1, 0.15) is 5.82 Å². The Hall–Kier alpha value is -2.80. The van der Waals surface area contributed by atoms with Gasteiger partial charge in [0, 0.05) is 29.4 Å². The highest BCUT2D eigenvalue weighted by molar-refractivity contribution is 7.09. The molecular formula is C18H18N6S. The van der Waals surface area contributed by atoms with Gasteiger partial charge < -0.3 is 4.57 Å². The maximum Gasteiger partial charge on any atom is 0.156 e. The Bertz CT molecular complexity index is 983. The zero-order valence-corrected chi connectivity index (χ0v) is 14.9. The molecule has 126 valence electrons. The Kier molecular flexibility index (Phi) is 4.15. The summed E-state index contributed by atoms with van der Waals surface area (Å²) >= 11 is 1.72. The van der Waals surface area contributed by atoms with Gasteiger partial charge in [-0.15, -0.1) is 16.4 Å². The molecule has 0 aromatic carbocycles. The van der Waals surface area contributed by atoms with Gasteiger partial charge in [-0.25, -0.2) is 15.0 Å². The molecule has 0 aliphatic heterocycles. The molecule has 7 heteroatoms. The summed E-state index contributed by atoms with van der Waals surface area (Å²) in [5.41, 5.74) is 0.956. The van der Waals surface area contributed by atoms with Crippen molar-refractivity contribution < 1.29 is 0 Å². The fourth-order valence-electron chi connectivity index (χ4n) is 2.69. The fourth-order valence-corrected chi connectivity index (χ4v) is 3.39. The van der Waals surface area contributed by atoms with E-state index in [1.165, 1.54) is 4.88 Å². The predicted molar refractivity (Wildman–Crippen MR) is 97.1 cm³/mol. The number of nitrogens with zero attached hydrogens (tertiary/aromatic N) is 6. The quantitative estimate of drug-likeness (QED) is 0.555. The Morgan fingerprint density at radius 1 is 1.08 bits per heavy atom. The number of imidazole rings is 1. The highest BCUT2D eigenvalue weighted by atomic mass is 32.1. The second-order valence-electron chi connectivity index (χ2n) is 5.85. The van der Waals surface area contributed by atoms with Crippen LogP contribution in [0.5, 0.6) is 0 Å². The predicted octanol–water partition coefficient (Wildman–Crippen LogP) is 3.18. The van der Waals surface area contributed by atoms with Crippen LogP contribution in [-0.2, 0) is 13.0 Å². The highest BCUT2D eigenvalue weighted by Gasteiger charge is 2.15. The van der Waals surface area contributed by atoms with Crippen LogP contribution in [0, 0.1) is 13.8 Å². The smallest absolute Gasteiger partial charge is 0.156 e. The van der Waals surface area contributed by atoms with Crippen molar-refractivity contribution in [2.24, 2.45) is 0 Å². The zero-order chi connectivity index (χ0) is 17.2. The number of pyridine rings is 1. The molecule has 4 aromatic heterocycles. The van der Waals surface area contributed by atoms with Crippen LogP contribution in [0.25, 0.3) is 5.82 Å².